The van der Waals surface area contributed by atoms with Gasteiger partial charge in [-0.2, -0.15) is 0 Å². The first-order chi connectivity index (χ1) is 9.79. The normalized spacial score (nSPS) is 11.2. The minimum atomic E-state index is -3.85. The summed E-state index contributed by atoms with van der Waals surface area (Å²) in [5.74, 6) is -0.493. The number of halogens is 1. The molecule has 1 amide bonds. The largest absolute Gasteiger partial charge is 0.320 e. The molecule has 0 bridgehead atoms. The van der Waals surface area contributed by atoms with Gasteiger partial charge in [0.15, 0.2) is 0 Å². The lowest BCUT2D eigenvalue weighted by Crippen LogP contribution is -2.17. The second kappa shape index (κ2) is 5.80. The van der Waals surface area contributed by atoms with E-state index in [2.05, 4.69) is 10.3 Å². The third kappa shape index (κ3) is 3.57. The van der Waals surface area contributed by atoms with Crippen LogP contribution in [0.1, 0.15) is 16.1 Å². The Balaban J connectivity index is 2.35. The second-order valence-corrected chi connectivity index (χ2v) is 6.25. The Morgan fingerprint density at radius 3 is 2.67 bits per heavy atom. The average molecular weight is 326 g/mol. The van der Waals surface area contributed by atoms with E-state index in [9.17, 15) is 13.2 Å². The molecule has 1 aromatic heterocycles. The van der Waals surface area contributed by atoms with E-state index in [1.807, 2.05) is 0 Å². The van der Waals surface area contributed by atoms with Crippen molar-refractivity contribution in [2.75, 3.05) is 5.32 Å². The summed E-state index contributed by atoms with van der Waals surface area (Å²) in [6, 6.07) is 7.40. The SMILES string of the molecule is Cc1c(NC(=O)c2cc(Cl)ccn2)cccc1S(N)(=O)=O. The molecule has 0 saturated carbocycles. The molecule has 0 saturated heterocycles. The van der Waals surface area contributed by atoms with Crippen LogP contribution in [0.25, 0.3) is 0 Å². The van der Waals surface area contributed by atoms with Gasteiger partial charge >= 0.3 is 0 Å². The molecule has 0 fully saturated rings. The lowest BCUT2D eigenvalue weighted by molar-refractivity contribution is 0.102. The van der Waals surface area contributed by atoms with Crippen molar-refractivity contribution in [1.29, 1.82) is 0 Å². The minimum Gasteiger partial charge on any atom is -0.320 e. The highest BCUT2D eigenvalue weighted by molar-refractivity contribution is 7.89. The molecule has 0 unspecified atom stereocenters. The summed E-state index contributed by atoms with van der Waals surface area (Å²) in [5, 5.41) is 8.08. The van der Waals surface area contributed by atoms with Gasteiger partial charge < -0.3 is 5.32 Å². The topological polar surface area (TPSA) is 102 Å². The number of pyridine rings is 1. The van der Waals surface area contributed by atoms with Gasteiger partial charge in [0.25, 0.3) is 5.91 Å². The van der Waals surface area contributed by atoms with Crippen molar-refractivity contribution in [2.45, 2.75) is 11.8 Å². The molecule has 1 aromatic carbocycles. The lowest BCUT2D eigenvalue weighted by atomic mass is 10.2. The van der Waals surface area contributed by atoms with Gasteiger partial charge in [-0.15, -0.1) is 0 Å². The van der Waals surface area contributed by atoms with Crippen LogP contribution in [0.2, 0.25) is 5.02 Å². The quantitative estimate of drug-likeness (QED) is 0.900. The van der Waals surface area contributed by atoms with E-state index in [1.165, 1.54) is 24.4 Å². The Hall–Kier alpha value is -1.96. The summed E-state index contributed by atoms with van der Waals surface area (Å²) in [6.45, 7) is 1.56. The summed E-state index contributed by atoms with van der Waals surface area (Å²) in [4.78, 5) is 15.9. The van der Waals surface area contributed by atoms with Crippen molar-refractivity contribution in [1.82, 2.24) is 4.98 Å². The van der Waals surface area contributed by atoms with E-state index in [0.717, 1.165) is 0 Å². The number of rotatable bonds is 3. The molecule has 0 atom stereocenters. The summed E-state index contributed by atoms with van der Waals surface area (Å²) < 4.78 is 22.9. The van der Waals surface area contributed by atoms with Crippen LogP contribution in [0.4, 0.5) is 5.69 Å². The van der Waals surface area contributed by atoms with Crippen LogP contribution in [0, 0.1) is 6.92 Å². The van der Waals surface area contributed by atoms with Gasteiger partial charge in [-0.05, 0) is 36.8 Å². The number of carbonyl (C=O) groups is 1. The predicted octanol–water partition coefficient (Wildman–Crippen LogP) is 1.94. The van der Waals surface area contributed by atoms with Crippen molar-refractivity contribution in [3.63, 3.8) is 0 Å². The molecule has 0 radical (unpaired) electrons. The fourth-order valence-corrected chi connectivity index (χ4v) is 2.74. The van der Waals surface area contributed by atoms with E-state index in [1.54, 1.807) is 19.1 Å². The van der Waals surface area contributed by atoms with Crippen LogP contribution in [-0.4, -0.2) is 19.3 Å². The fourth-order valence-electron chi connectivity index (χ4n) is 1.77. The van der Waals surface area contributed by atoms with Gasteiger partial charge in [0.1, 0.15) is 5.69 Å². The molecule has 2 aromatic rings. The summed E-state index contributed by atoms with van der Waals surface area (Å²) >= 11 is 5.79. The summed E-state index contributed by atoms with van der Waals surface area (Å²) in [7, 11) is -3.85. The molecule has 2 rings (SSSR count). The Kier molecular flexibility index (Phi) is 4.26. The number of hydrogen-bond donors (Lipinski definition) is 2. The van der Waals surface area contributed by atoms with Crippen LogP contribution in [-0.2, 0) is 10.0 Å². The number of anilines is 1. The smallest absolute Gasteiger partial charge is 0.274 e. The fraction of sp³-hybridized carbons (Fsp3) is 0.0769. The molecule has 3 N–H and O–H groups in total. The number of sulfonamides is 1. The molecular weight excluding hydrogens is 314 g/mol. The highest BCUT2D eigenvalue weighted by atomic mass is 35.5. The van der Waals surface area contributed by atoms with E-state index >= 15 is 0 Å². The molecule has 0 spiro atoms. The lowest BCUT2D eigenvalue weighted by Gasteiger charge is -2.11. The molecule has 0 aliphatic rings. The summed E-state index contributed by atoms with van der Waals surface area (Å²) in [5.41, 5.74) is 0.826. The van der Waals surface area contributed by atoms with Crippen molar-refractivity contribution in [2.24, 2.45) is 5.14 Å². The molecule has 8 heteroatoms. The maximum absolute atomic E-state index is 12.1. The van der Waals surface area contributed by atoms with Crippen LogP contribution >= 0.6 is 11.6 Å². The maximum atomic E-state index is 12.1. The zero-order valence-corrected chi connectivity index (χ0v) is 12.6. The van der Waals surface area contributed by atoms with Gasteiger partial charge in [-0.1, -0.05) is 17.7 Å². The first kappa shape index (κ1) is 15.4. The number of primary sulfonamides is 1. The Bertz CT molecular complexity index is 806. The Labute approximate surface area is 127 Å². The van der Waals surface area contributed by atoms with Crippen LogP contribution in [0.15, 0.2) is 41.4 Å². The molecule has 21 heavy (non-hydrogen) atoms. The van der Waals surface area contributed by atoms with Crippen molar-refractivity contribution in [3.8, 4) is 0 Å². The van der Waals surface area contributed by atoms with Crippen molar-refractivity contribution in [3.05, 3.63) is 52.8 Å². The molecule has 0 aliphatic heterocycles. The van der Waals surface area contributed by atoms with Crippen LogP contribution < -0.4 is 10.5 Å². The molecular formula is C13H12ClN3O3S. The van der Waals surface area contributed by atoms with E-state index in [0.29, 0.717) is 16.3 Å². The minimum absolute atomic E-state index is 0.0423. The van der Waals surface area contributed by atoms with Crippen LogP contribution in [0.3, 0.4) is 0 Å². The monoisotopic (exact) mass is 325 g/mol. The number of carbonyl (C=O) groups excluding carboxylic acids is 1. The number of amides is 1. The molecule has 6 nitrogen and oxygen atoms in total. The van der Waals surface area contributed by atoms with Crippen molar-refractivity contribution >= 4 is 33.2 Å². The van der Waals surface area contributed by atoms with E-state index < -0.39 is 15.9 Å². The van der Waals surface area contributed by atoms with E-state index in [-0.39, 0.29) is 10.6 Å². The third-order valence-electron chi connectivity index (χ3n) is 2.79. The van der Waals surface area contributed by atoms with Crippen molar-refractivity contribution < 1.29 is 13.2 Å². The second-order valence-electron chi connectivity index (χ2n) is 4.29. The first-order valence-corrected chi connectivity index (χ1v) is 7.77. The zero-order valence-electron chi connectivity index (χ0n) is 11.0. The van der Waals surface area contributed by atoms with Crippen LogP contribution in [0.5, 0.6) is 0 Å². The zero-order chi connectivity index (χ0) is 15.6. The first-order valence-electron chi connectivity index (χ1n) is 5.84. The molecule has 0 aliphatic carbocycles. The third-order valence-corrected chi connectivity index (χ3v) is 4.08. The van der Waals surface area contributed by atoms with Gasteiger partial charge in [0, 0.05) is 16.9 Å². The van der Waals surface area contributed by atoms with Gasteiger partial charge in [-0.3, -0.25) is 9.78 Å². The number of aromatic nitrogens is 1. The number of nitrogens with two attached hydrogens (primary N) is 1. The van der Waals surface area contributed by atoms with Gasteiger partial charge in [0.05, 0.1) is 4.90 Å². The predicted molar refractivity (Wildman–Crippen MR) is 79.8 cm³/mol. The molecule has 110 valence electrons. The highest BCUT2D eigenvalue weighted by Crippen LogP contribution is 2.22. The van der Waals surface area contributed by atoms with Gasteiger partial charge in [-0.25, -0.2) is 13.6 Å². The number of hydrogen-bond acceptors (Lipinski definition) is 4. The highest BCUT2D eigenvalue weighted by Gasteiger charge is 2.16. The van der Waals surface area contributed by atoms with E-state index in [4.69, 9.17) is 16.7 Å². The molecule has 1 heterocycles. The Morgan fingerprint density at radius 1 is 1.33 bits per heavy atom. The van der Waals surface area contributed by atoms with Gasteiger partial charge in [0.2, 0.25) is 10.0 Å². The summed E-state index contributed by atoms with van der Waals surface area (Å²) in [6.07, 6.45) is 1.41. The number of nitrogens with zero attached hydrogens (tertiary/aromatic N) is 1. The Morgan fingerprint density at radius 2 is 2.05 bits per heavy atom. The number of nitrogens with one attached hydrogen (secondary N) is 1. The standard InChI is InChI=1S/C13H12ClN3O3S/c1-8-10(3-2-4-12(8)21(15,19)20)17-13(18)11-7-9(14)5-6-16-11/h2-7H,1H3,(H,17,18)(H2,15,19,20). The average Bonchev–Trinajstić information content (AvgIpc) is 2.39. The number of benzene rings is 1. The maximum Gasteiger partial charge on any atom is 0.274 e.